The van der Waals surface area contributed by atoms with Gasteiger partial charge in [0.1, 0.15) is 0 Å². The molecule has 0 aliphatic carbocycles. The maximum absolute atomic E-state index is 12.9. The zero-order valence-electron chi connectivity index (χ0n) is 16.0. The Morgan fingerprint density at radius 2 is 1.67 bits per heavy atom. The minimum atomic E-state index is -3.80. The third-order valence-electron chi connectivity index (χ3n) is 4.76. The van der Waals surface area contributed by atoms with Crippen molar-refractivity contribution < 1.29 is 13.2 Å². The quantitative estimate of drug-likeness (QED) is 0.863. The fourth-order valence-electron chi connectivity index (χ4n) is 3.33. The molecule has 0 aromatic heterocycles. The first kappa shape index (κ1) is 19.4. The van der Waals surface area contributed by atoms with Crippen molar-refractivity contribution >= 4 is 21.6 Å². The van der Waals surface area contributed by atoms with Gasteiger partial charge in [0.15, 0.2) is 0 Å². The lowest BCUT2D eigenvalue weighted by molar-refractivity contribution is 0.0792. The van der Waals surface area contributed by atoms with Crippen molar-refractivity contribution in [3.05, 3.63) is 59.7 Å². The van der Waals surface area contributed by atoms with Crippen molar-refractivity contribution in [1.29, 1.82) is 0 Å². The highest BCUT2D eigenvalue weighted by atomic mass is 32.2. The molecule has 1 aliphatic heterocycles. The topological polar surface area (TPSA) is 66.5 Å². The predicted octanol–water partition coefficient (Wildman–Crippen LogP) is 4.02. The zero-order chi connectivity index (χ0) is 19.7. The fraction of sp³-hybridized carbons (Fsp3) is 0.381. The van der Waals surface area contributed by atoms with E-state index in [1.165, 1.54) is 12.1 Å². The van der Waals surface area contributed by atoms with Crippen molar-refractivity contribution in [2.75, 3.05) is 17.8 Å². The summed E-state index contributed by atoms with van der Waals surface area (Å²) < 4.78 is 28.6. The van der Waals surface area contributed by atoms with E-state index in [0.717, 1.165) is 31.5 Å². The van der Waals surface area contributed by atoms with Crippen molar-refractivity contribution in [3.8, 4) is 0 Å². The second-order valence-electron chi connectivity index (χ2n) is 7.93. The molecule has 1 N–H and O–H groups in total. The van der Waals surface area contributed by atoms with Crippen molar-refractivity contribution in [3.63, 3.8) is 0 Å². The number of hydrogen-bond donors (Lipinski definition) is 1. The lowest BCUT2D eigenvalue weighted by atomic mass is 9.86. The first-order chi connectivity index (χ1) is 12.7. The highest BCUT2D eigenvalue weighted by Crippen LogP contribution is 2.31. The van der Waals surface area contributed by atoms with Gasteiger partial charge in [0.25, 0.3) is 15.9 Å². The number of rotatable bonds is 4. The highest BCUT2D eigenvalue weighted by molar-refractivity contribution is 7.92. The molecule has 1 amide bonds. The van der Waals surface area contributed by atoms with Crippen LogP contribution in [0.5, 0.6) is 0 Å². The van der Waals surface area contributed by atoms with Crippen molar-refractivity contribution in [2.45, 2.75) is 43.9 Å². The first-order valence-corrected chi connectivity index (χ1v) is 10.7. The Hall–Kier alpha value is -2.34. The van der Waals surface area contributed by atoms with Crippen LogP contribution in [0, 0.1) is 0 Å². The van der Waals surface area contributed by atoms with E-state index in [0.29, 0.717) is 11.3 Å². The van der Waals surface area contributed by atoms with Gasteiger partial charge in [-0.3, -0.25) is 9.52 Å². The Morgan fingerprint density at radius 1 is 1.00 bits per heavy atom. The standard InChI is InChI=1S/C21H26N2O3S/c1-21(2,3)18-11-4-5-12-19(18)22-27(25,26)17-10-8-9-16(15-17)20(24)23-13-6-7-14-23/h4-5,8-12,15,22H,6-7,13-14H2,1-3H3. The molecule has 27 heavy (non-hydrogen) atoms. The zero-order valence-corrected chi connectivity index (χ0v) is 16.8. The van der Waals surface area contributed by atoms with Gasteiger partial charge in [-0.05, 0) is 48.1 Å². The summed E-state index contributed by atoms with van der Waals surface area (Å²) in [6.45, 7) is 7.57. The molecular formula is C21H26N2O3S. The van der Waals surface area contributed by atoms with E-state index in [1.54, 1.807) is 29.2 Å². The van der Waals surface area contributed by atoms with E-state index in [2.05, 4.69) is 4.72 Å². The SMILES string of the molecule is CC(C)(C)c1ccccc1NS(=O)(=O)c1cccc(C(=O)N2CCCC2)c1. The summed E-state index contributed by atoms with van der Waals surface area (Å²) in [5, 5.41) is 0. The number of nitrogens with zero attached hydrogens (tertiary/aromatic N) is 1. The molecule has 0 radical (unpaired) electrons. The minimum absolute atomic E-state index is 0.0938. The summed E-state index contributed by atoms with van der Waals surface area (Å²) in [5.41, 5.74) is 1.68. The number of para-hydroxylation sites is 1. The monoisotopic (exact) mass is 386 g/mol. The molecule has 3 rings (SSSR count). The van der Waals surface area contributed by atoms with Gasteiger partial charge in [0.2, 0.25) is 0 Å². The molecule has 0 saturated carbocycles. The molecule has 0 spiro atoms. The van der Waals surface area contributed by atoms with Crippen LogP contribution >= 0.6 is 0 Å². The number of likely N-dealkylation sites (tertiary alicyclic amines) is 1. The first-order valence-electron chi connectivity index (χ1n) is 9.20. The Balaban J connectivity index is 1.90. The number of hydrogen-bond acceptors (Lipinski definition) is 3. The van der Waals surface area contributed by atoms with Crippen LogP contribution in [0.3, 0.4) is 0 Å². The van der Waals surface area contributed by atoms with Crippen molar-refractivity contribution in [1.82, 2.24) is 4.90 Å². The molecule has 2 aromatic carbocycles. The van der Waals surface area contributed by atoms with E-state index >= 15 is 0 Å². The highest BCUT2D eigenvalue weighted by Gasteiger charge is 2.24. The Labute approximate surface area is 161 Å². The van der Waals surface area contributed by atoms with Gasteiger partial charge in [-0.1, -0.05) is 45.0 Å². The maximum atomic E-state index is 12.9. The van der Waals surface area contributed by atoms with Gasteiger partial charge in [-0.25, -0.2) is 8.42 Å². The molecule has 0 atom stereocenters. The average Bonchev–Trinajstić information content (AvgIpc) is 3.15. The molecule has 0 unspecified atom stereocenters. The van der Waals surface area contributed by atoms with Gasteiger partial charge in [0, 0.05) is 18.7 Å². The van der Waals surface area contributed by atoms with Gasteiger partial charge in [-0.2, -0.15) is 0 Å². The van der Waals surface area contributed by atoms with E-state index in [4.69, 9.17) is 0 Å². The van der Waals surface area contributed by atoms with Gasteiger partial charge in [-0.15, -0.1) is 0 Å². The van der Waals surface area contributed by atoms with E-state index in [-0.39, 0.29) is 16.2 Å². The lowest BCUT2D eigenvalue weighted by Gasteiger charge is -2.23. The van der Waals surface area contributed by atoms with Crippen molar-refractivity contribution in [2.24, 2.45) is 0 Å². The van der Waals surface area contributed by atoms with Crippen LogP contribution in [0.1, 0.15) is 49.5 Å². The van der Waals surface area contributed by atoms with E-state index in [1.807, 2.05) is 32.9 Å². The summed E-state index contributed by atoms with van der Waals surface area (Å²) >= 11 is 0. The summed E-state index contributed by atoms with van der Waals surface area (Å²) in [7, 11) is -3.80. The lowest BCUT2D eigenvalue weighted by Crippen LogP contribution is -2.27. The number of sulfonamides is 1. The largest absolute Gasteiger partial charge is 0.339 e. The van der Waals surface area contributed by atoms with E-state index in [9.17, 15) is 13.2 Å². The van der Waals surface area contributed by atoms with Crippen LogP contribution in [0.2, 0.25) is 0 Å². The van der Waals surface area contributed by atoms with Crippen LogP contribution < -0.4 is 4.72 Å². The molecule has 6 heteroatoms. The number of carbonyl (C=O) groups is 1. The average molecular weight is 387 g/mol. The number of anilines is 1. The Bertz CT molecular complexity index is 940. The number of nitrogens with one attached hydrogen (secondary N) is 1. The summed E-state index contributed by atoms with van der Waals surface area (Å²) in [5.74, 6) is -0.111. The second-order valence-corrected chi connectivity index (χ2v) is 9.61. The van der Waals surface area contributed by atoms with Gasteiger partial charge in [0.05, 0.1) is 10.6 Å². The van der Waals surface area contributed by atoms with Crippen LogP contribution in [-0.4, -0.2) is 32.3 Å². The van der Waals surface area contributed by atoms with Gasteiger partial charge >= 0.3 is 0 Å². The van der Waals surface area contributed by atoms with Crippen LogP contribution in [-0.2, 0) is 15.4 Å². The number of amides is 1. The summed E-state index contributed by atoms with van der Waals surface area (Å²) in [6.07, 6.45) is 1.99. The predicted molar refractivity (Wildman–Crippen MR) is 108 cm³/mol. The Kier molecular flexibility index (Phi) is 5.29. The molecule has 1 heterocycles. The maximum Gasteiger partial charge on any atom is 0.261 e. The second kappa shape index (κ2) is 7.35. The smallest absolute Gasteiger partial charge is 0.261 e. The molecular weight excluding hydrogens is 360 g/mol. The summed E-state index contributed by atoms with van der Waals surface area (Å²) in [6, 6.07) is 13.7. The third-order valence-corrected chi connectivity index (χ3v) is 6.13. The van der Waals surface area contributed by atoms with Crippen LogP contribution in [0.15, 0.2) is 53.4 Å². The minimum Gasteiger partial charge on any atom is -0.339 e. The van der Waals surface area contributed by atoms with Crippen LogP contribution in [0.25, 0.3) is 0 Å². The Morgan fingerprint density at radius 3 is 2.33 bits per heavy atom. The number of carbonyl (C=O) groups excluding carboxylic acids is 1. The molecule has 1 aliphatic rings. The fourth-order valence-corrected chi connectivity index (χ4v) is 4.45. The number of benzene rings is 2. The molecule has 144 valence electrons. The van der Waals surface area contributed by atoms with Crippen LogP contribution in [0.4, 0.5) is 5.69 Å². The molecule has 1 fully saturated rings. The third kappa shape index (κ3) is 4.33. The molecule has 0 bridgehead atoms. The van der Waals surface area contributed by atoms with Gasteiger partial charge < -0.3 is 4.90 Å². The van der Waals surface area contributed by atoms with E-state index < -0.39 is 10.0 Å². The molecule has 2 aromatic rings. The molecule has 1 saturated heterocycles. The normalized spacial score (nSPS) is 15.0. The molecule has 5 nitrogen and oxygen atoms in total. The summed E-state index contributed by atoms with van der Waals surface area (Å²) in [4.78, 5) is 14.4.